The molecule has 3 fully saturated rings. The van der Waals surface area contributed by atoms with E-state index in [-0.39, 0.29) is 26.9 Å². The molecule has 0 spiro atoms. The van der Waals surface area contributed by atoms with Gasteiger partial charge in [-0.05, 0) is 37.8 Å². The molecule has 2 aliphatic carbocycles. The maximum Gasteiger partial charge on any atom is 0.291 e. The molecule has 0 bridgehead atoms. The molecule has 40 heavy (non-hydrogen) atoms. The second kappa shape index (κ2) is 9.42. The first-order valence-electron chi connectivity index (χ1n) is 13.1. The standard InChI is InChI=1S/C25H28F2N8O3S2/c1-24(4-3-5-24)23(36)35-10-8-34(9-11-35)17-13-15(40(37,38)32-25(14-28)6-7-25)12-16-18(31-33(2)19(16)17)21-29-30-22(39-21)20(26)27/h12-13,20,32H,3-11H2,1-2H3. The zero-order chi connectivity index (χ0) is 28.4. The van der Waals surface area contributed by atoms with Gasteiger partial charge in [0.15, 0.2) is 10.0 Å². The molecule has 3 aliphatic rings. The summed E-state index contributed by atoms with van der Waals surface area (Å²) >= 11 is 0.700. The molecule has 11 nitrogen and oxygen atoms in total. The van der Waals surface area contributed by atoms with E-state index in [4.69, 9.17) is 0 Å². The quantitative estimate of drug-likeness (QED) is 0.443. The second-order valence-corrected chi connectivity index (χ2v) is 13.7. The summed E-state index contributed by atoms with van der Waals surface area (Å²) in [6.07, 6.45) is 0.886. The van der Waals surface area contributed by atoms with E-state index in [9.17, 15) is 27.3 Å². The first-order valence-corrected chi connectivity index (χ1v) is 15.4. The number of carbonyl (C=O) groups excluding carboxylic acids is 1. The van der Waals surface area contributed by atoms with Crippen LogP contribution in [0.3, 0.4) is 0 Å². The third kappa shape index (κ3) is 4.51. The summed E-state index contributed by atoms with van der Waals surface area (Å²) in [6, 6.07) is 5.04. The van der Waals surface area contributed by atoms with Crippen LogP contribution in [-0.4, -0.2) is 70.9 Å². The highest BCUT2D eigenvalue weighted by atomic mass is 32.2. The summed E-state index contributed by atoms with van der Waals surface area (Å²) in [5.74, 6) is 0.157. The lowest BCUT2D eigenvalue weighted by molar-refractivity contribution is -0.146. The molecule has 3 heterocycles. The molecule has 1 N–H and O–H groups in total. The lowest BCUT2D eigenvalue weighted by atomic mass is 9.69. The number of aryl methyl sites for hydroxylation is 1. The van der Waals surface area contributed by atoms with Crippen LogP contribution < -0.4 is 9.62 Å². The normalized spacial score (nSPS) is 20.0. The third-order valence-electron chi connectivity index (χ3n) is 8.21. The fourth-order valence-corrected chi connectivity index (χ4v) is 7.59. The molecule has 2 saturated carbocycles. The highest BCUT2D eigenvalue weighted by molar-refractivity contribution is 7.89. The van der Waals surface area contributed by atoms with Gasteiger partial charge in [0.1, 0.15) is 11.2 Å². The van der Waals surface area contributed by atoms with Crippen molar-refractivity contribution in [3.8, 4) is 16.8 Å². The van der Waals surface area contributed by atoms with Gasteiger partial charge < -0.3 is 9.80 Å². The van der Waals surface area contributed by atoms with Crippen molar-refractivity contribution in [3.05, 3.63) is 17.1 Å². The molecule has 1 saturated heterocycles. The Kier molecular flexibility index (Phi) is 6.35. The number of aromatic nitrogens is 4. The fraction of sp³-hybridized carbons (Fsp3) is 0.560. The Balaban J connectivity index is 1.41. The van der Waals surface area contributed by atoms with Crippen molar-refractivity contribution in [2.24, 2.45) is 12.5 Å². The van der Waals surface area contributed by atoms with Gasteiger partial charge in [-0.15, -0.1) is 10.2 Å². The van der Waals surface area contributed by atoms with Crippen LogP contribution in [0.5, 0.6) is 0 Å². The van der Waals surface area contributed by atoms with Crippen molar-refractivity contribution in [2.45, 2.75) is 55.9 Å². The van der Waals surface area contributed by atoms with Gasteiger partial charge in [-0.25, -0.2) is 17.2 Å². The van der Waals surface area contributed by atoms with Crippen LogP contribution >= 0.6 is 11.3 Å². The van der Waals surface area contributed by atoms with E-state index in [2.05, 4.69) is 20.0 Å². The van der Waals surface area contributed by atoms with Crippen LogP contribution in [0.15, 0.2) is 17.0 Å². The monoisotopic (exact) mass is 590 g/mol. The predicted molar refractivity (Wildman–Crippen MR) is 143 cm³/mol. The van der Waals surface area contributed by atoms with Gasteiger partial charge in [-0.1, -0.05) is 24.7 Å². The number of alkyl halides is 2. The predicted octanol–water partition coefficient (Wildman–Crippen LogP) is 3.20. The summed E-state index contributed by atoms with van der Waals surface area (Å²) in [5, 5.41) is 21.6. The molecule has 15 heteroatoms. The van der Waals surface area contributed by atoms with Crippen LogP contribution in [0.2, 0.25) is 0 Å². The van der Waals surface area contributed by atoms with Crippen LogP contribution in [-0.2, 0) is 21.9 Å². The van der Waals surface area contributed by atoms with Gasteiger partial charge in [0, 0.05) is 44.0 Å². The Labute approximate surface area is 233 Å². The molecular formula is C25H28F2N8O3S2. The number of sulfonamides is 1. The number of nitrogens with zero attached hydrogens (tertiary/aromatic N) is 7. The molecule has 1 aliphatic heterocycles. The van der Waals surface area contributed by atoms with Crippen LogP contribution in [0, 0.1) is 16.7 Å². The number of anilines is 1. The molecule has 0 unspecified atom stereocenters. The topological polar surface area (TPSA) is 137 Å². The van der Waals surface area contributed by atoms with Crippen molar-refractivity contribution in [3.63, 3.8) is 0 Å². The van der Waals surface area contributed by atoms with E-state index < -0.39 is 27.0 Å². The van der Waals surface area contributed by atoms with Crippen molar-refractivity contribution < 1.29 is 22.0 Å². The van der Waals surface area contributed by atoms with E-state index in [1.54, 1.807) is 17.8 Å². The second-order valence-electron chi connectivity index (χ2n) is 11.0. The van der Waals surface area contributed by atoms with E-state index in [1.165, 1.54) is 6.07 Å². The molecule has 0 radical (unpaired) electrons. The summed E-state index contributed by atoms with van der Waals surface area (Å²) in [6.45, 7) is 3.94. The van der Waals surface area contributed by atoms with Crippen molar-refractivity contribution in [2.75, 3.05) is 31.1 Å². The number of carbonyl (C=O) groups is 1. The smallest absolute Gasteiger partial charge is 0.291 e. The first kappa shape index (κ1) is 27.0. The molecule has 1 aromatic carbocycles. The van der Waals surface area contributed by atoms with Gasteiger partial charge in [0.25, 0.3) is 6.43 Å². The third-order valence-corrected chi connectivity index (χ3v) is 10.7. The number of benzene rings is 1. The molecule has 6 rings (SSSR count). The van der Waals surface area contributed by atoms with E-state index in [1.807, 2.05) is 22.8 Å². The Morgan fingerprint density at radius 3 is 2.40 bits per heavy atom. The number of hydrogen-bond donors (Lipinski definition) is 1. The molecule has 1 amide bonds. The number of halogens is 2. The minimum absolute atomic E-state index is 0.0649. The van der Waals surface area contributed by atoms with E-state index >= 15 is 0 Å². The zero-order valence-electron chi connectivity index (χ0n) is 22.0. The number of nitrogens with one attached hydrogen (secondary N) is 1. The van der Waals surface area contributed by atoms with Gasteiger partial charge in [-0.2, -0.15) is 15.1 Å². The molecular weight excluding hydrogens is 562 g/mol. The number of hydrogen-bond acceptors (Lipinski definition) is 9. The van der Waals surface area contributed by atoms with Crippen molar-refractivity contribution >= 4 is 43.9 Å². The zero-order valence-corrected chi connectivity index (χ0v) is 23.7. The SMILES string of the molecule is Cn1nc(-c2nnc(C(F)F)s2)c2cc(S(=O)(=O)NC3(C#N)CC3)cc(N3CCN(C(=O)C4(C)CCC4)CC3)c21. The number of nitriles is 1. The first-order chi connectivity index (χ1) is 19.0. The largest absolute Gasteiger partial charge is 0.366 e. The van der Waals surface area contributed by atoms with Gasteiger partial charge >= 0.3 is 0 Å². The highest BCUT2D eigenvalue weighted by Crippen LogP contribution is 2.43. The number of rotatable bonds is 7. The van der Waals surface area contributed by atoms with Gasteiger partial charge in [0.05, 0.1) is 22.2 Å². The number of fused-ring (bicyclic) bond motifs is 1. The van der Waals surface area contributed by atoms with Crippen LogP contribution in [0.1, 0.15) is 50.5 Å². The number of piperazine rings is 1. The molecule has 2 aromatic heterocycles. The minimum atomic E-state index is -4.11. The summed E-state index contributed by atoms with van der Waals surface area (Å²) < 4.78 is 57.6. The van der Waals surface area contributed by atoms with E-state index in [0.717, 1.165) is 19.3 Å². The average molecular weight is 591 g/mol. The Bertz CT molecular complexity index is 1650. The lowest BCUT2D eigenvalue weighted by Crippen LogP contribution is -2.54. The van der Waals surface area contributed by atoms with Gasteiger partial charge in [0.2, 0.25) is 15.9 Å². The lowest BCUT2D eigenvalue weighted by Gasteiger charge is -2.44. The average Bonchev–Trinajstić information content (AvgIpc) is 3.35. The maximum atomic E-state index is 13.5. The fourth-order valence-electron chi connectivity index (χ4n) is 5.47. The summed E-state index contributed by atoms with van der Waals surface area (Å²) in [4.78, 5) is 16.9. The maximum absolute atomic E-state index is 13.5. The Morgan fingerprint density at radius 2 is 1.85 bits per heavy atom. The minimum Gasteiger partial charge on any atom is -0.366 e. The number of amides is 1. The van der Waals surface area contributed by atoms with Crippen LogP contribution in [0.25, 0.3) is 21.6 Å². The Hall–Kier alpha value is -3.22. The molecule has 0 atom stereocenters. The summed E-state index contributed by atoms with van der Waals surface area (Å²) in [5.41, 5.74) is 0.00944. The Morgan fingerprint density at radius 1 is 1.15 bits per heavy atom. The molecule has 3 aromatic rings. The van der Waals surface area contributed by atoms with Crippen molar-refractivity contribution in [1.29, 1.82) is 5.26 Å². The van der Waals surface area contributed by atoms with Crippen LogP contribution in [0.4, 0.5) is 14.5 Å². The highest BCUT2D eigenvalue weighted by Gasteiger charge is 2.47. The summed E-state index contributed by atoms with van der Waals surface area (Å²) in [7, 11) is -2.41. The molecule has 212 valence electrons. The van der Waals surface area contributed by atoms with Gasteiger partial charge in [-0.3, -0.25) is 9.48 Å². The van der Waals surface area contributed by atoms with Crippen molar-refractivity contribution in [1.82, 2.24) is 29.6 Å². The van der Waals surface area contributed by atoms with E-state index in [0.29, 0.717) is 66.9 Å².